The van der Waals surface area contributed by atoms with Gasteiger partial charge in [0, 0.05) is 0 Å². The highest BCUT2D eigenvalue weighted by atomic mass is 16.4. The zero-order valence-electron chi connectivity index (χ0n) is 9.52. The van der Waals surface area contributed by atoms with Gasteiger partial charge in [-0.3, -0.25) is 0 Å². The van der Waals surface area contributed by atoms with Crippen molar-refractivity contribution in [2.24, 2.45) is 0 Å². The van der Waals surface area contributed by atoms with Crippen LogP contribution in [0.1, 0.15) is 60.7 Å². The molecule has 0 atom stereocenters. The van der Waals surface area contributed by atoms with Crippen LogP contribution in [0.4, 0.5) is 0 Å². The zero-order chi connectivity index (χ0) is 11.5. The van der Waals surface area contributed by atoms with Gasteiger partial charge in [0.25, 0.3) is 0 Å². The van der Waals surface area contributed by atoms with Gasteiger partial charge in [-0.1, -0.05) is 30.9 Å². The molecule has 1 fully saturated rings. The van der Waals surface area contributed by atoms with Crippen molar-refractivity contribution >= 4 is 5.97 Å². The number of carbonyl (C=O) groups is 1. The Morgan fingerprint density at radius 3 is 2.50 bits per heavy atom. The van der Waals surface area contributed by atoms with Crippen molar-refractivity contribution in [1.29, 1.82) is 0 Å². The summed E-state index contributed by atoms with van der Waals surface area (Å²) in [6, 6.07) is 0.217. The van der Waals surface area contributed by atoms with Gasteiger partial charge in [0.2, 0.25) is 0 Å². The van der Waals surface area contributed by atoms with E-state index in [0.717, 1.165) is 25.7 Å². The van der Waals surface area contributed by atoms with Gasteiger partial charge in [0.15, 0.2) is 5.69 Å². The Balaban J connectivity index is 2.27. The molecular formula is C11H17N3O2. The molecule has 0 unspecified atom stereocenters. The van der Waals surface area contributed by atoms with Crippen LogP contribution in [0.15, 0.2) is 0 Å². The monoisotopic (exact) mass is 223 g/mol. The third kappa shape index (κ3) is 2.08. The number of hydrogen-bond donors (Lipinski definition) is 1. The Morgan fingerprint density at radius 1 is 1.31 bits per heavy atom. The first kappa shape index (κ1) is 11.1. The van der Waals surface area contributed by atoms with Crippen LogP contribution in [0, 0.1) is 6.92 Å². The lowest BCUT2D eigenvalue weighted by Crippen LogP contribution is -2.17. The van der Waals surface area contributed by atoms with Crippen molar-refractivity contribution in [2.45, 2.75) is 51.5 Å². The van der Waals surface area contributed by atoms with E-state index < -0.39 is 5.97 Å². The first-order valence-electron chi connectivity index (χ1n) is 5.85. The molecule has 5 nitrogen and oxygen atoms in total. The summed E-state index contributed by atoms with van der Waals surface area (Å²) in [6.07, 6.45) is 6.83. The van der Waals surface area contributed by atoms with E-state index in [2.05, 4.69) is 10.3 Å². The zero-order valence-corrected chi connectivity index (χ0v) is 9.52. The molecule has 1 aromatic heterocycles. The van der Waals surface area contributed by atoms with E-state index in [-0.39, 0.29) is 11.7 Å². The molecule has 0 radical (unpaired) electrons. The van der Waals surface area contributed by atoms with E-state index >= 15 is 0 Å². The third-order valence-corrected chi connectivity index (χ3v) is 3.24. The molecule has 16 heavy (non-hydrogen) atoms. The minimum absolute atomic E-state index is 0.217. The summed E-state index contributed by atoms with van der Waals surface area (Å²) in [6.45, 7) is 1.70. The van der Waals surface area contributed by atoms with E-state index in [1.807, 2.05) is 0 Å². The first-order valence-corrected chi connectivity index (χ1v) is 5.85. The van der Waals surface area contributed by atoms with Crippen molar-refractivity contribution in [3.63, 3.8) is 0 Å². The number of hydrogen-bond acceptors (Lipinski definition) is 3. The van der Waals surface area contributed by atoms with Crippen molar-refractivity contribution in [2.75, 3.05) is 0 Å². The van der Waals surface area contributed by atoms with Crippen LogP contribution >= 0.6 is 0 Å². The Morgan fingerprint density at radius 2 is 1.94 bits per heavy atom. The second-order valence-corrected chi connectivity index (χ2v) is 4.42. The van der Waals surface area contributed by atoms with Gasteiger partial charge in [-0.15, -0.1) is 5.10 Å². The van der Waals surface area contributed by atoms with Crippen molar-refractivity contribution in [3.05, 3.63) is 11.4 Å². The van der Waals surface area contributed by atoms with Gasteiger partial charge in [0.1, 0.15) is 0 Å². The maximum Gasteiger partial charge on any atom is 0.356 e. The third-order valence-electron chi connectivity index (χ3n) is 3.24. The van der Waals surface area contributed by atoms with E-state index in [9.17, 15) is 4.79 Å². The van der Waals surface area contributed by atoms with Crippen molar-refractivity contribution in [1.82, 2.24) is 15.0 Å². The number of carboxylic acid groups (broad SMARTS) is 1. The predicted molar refractivity (Wildman–Crippen MR) is 58.5 cm³/mol. The number of aromatic carboxylic acids is 1. The molecule has 0 aliphatic heterocycles. The number of aryl methyl sites for hydroxylation is 1. The number of nitrogens with zero attached hydrogens (tertiary/aromatic N) is 3. The Labute approximate surface area is 94.5 Å². The van der Waals surface area contributed by atoms with Gasteiger partial charge in [-0.05, 0) is 19.8 Å². The summed E-state index contributed by atoms with van der Waals surface area (Å²) in [5.74, 6) is -0.924. The number of aromatic nitrogens is 3. The molecule has 1 heterocycles. The number of rotatable bonds is 2. The van der Waals surface area contributed by atoms with E-state index in [1.165, 1.54) is 12.8 Å². The maximum absolute atomic E-state index is 11.1. The highest BCUT2D eigenvalue weighted by Gasteiger charge is 2.23. The summed E-state index contributed by atoms with van der Waals surface area (Å²) in [5, 5.41) is 17.0. The lowest BCUT2D eigenvalue weighted by molar-refractivity contribution is 0.0678. The lowest BCUT2D eigenvalue weighted by Gasteiger charge is -2.15. The van der Waals surface area contributed by atoms with Crippen LogP contribution in [-0.2, 0) is 0 Å². The van der Waals surface area contributed by atoms with Gasteiger partial charge in [-0.2, -0.15) is 0 Å². The maximum atomic E-state index is 11.1. The Hall–Kier alpha value is -1.39. The molecule has 1 N–H and O–H groups in total. The number of carboxylic acids is 1. The van der Waals surface area contributed by atoms with Crippen LogP contribution < -0.4 is 0 Å². The first-order chi connectivity index (χ1) is 7.70. The van der Waals surface area contributed by atoms with Gasteiger partial charge < -0.3 is 5.11 Å². The molecule has 1 aromatic rings. The molecule has 5 heteroatoms. The molecule has 0 spiro atoms. The lowest BCUT2D eigenvalue weighted by atomic mass is 10.1. The van der Waals surface area contributed by atoms with Crippen LogP contribution in [0.25, 0.3) is 0 Å². The molecule has 0 aromatic carbocycles. The molecule has 2 rings (SSSR count). The van der Waals surface area contributed by atoms with Crippen LogP contribution in [0.5, 0.6) is 0 Å². The Bertz CT molecular complexity index is 379. The SMILES string of the molecule is Cc1nnn(C2CCCCCC2)c1C(=O)O. The van der Waals surface area contributed by atoms with Crippen LogP contribution in [0.3, 0.4) is 0 Å². The molecule has 0 bridgehead atoms. The summed E-state index contributed by atoms with van der Waals surface area (Å²) < 4.78 is 1.61. The van der Waals surface area contributed by atoms with Crippen molar-refractivity contribution < 1.29 is 9.90 Å². The topological polar surface area (TPSA) is 68.0 Å². The minimum atomic E-state index is -0.924. The normalized spacial score (nSPS) is 18.3. The molecular weight excluding hydrogens is 206 g/mol. The summed E-state index contributed by atoms with van der Waals surface area (Å²) in [5.41, 5.74) is 0.767. The molecule has 1 aliphatic rings. The largest absolute Gasteiger partial charge is 0.476 e. The molecule has 1 aliphatic carbocycles. The standard InChI is InChI=1S/C11H17N3O2/c1-8-10(11(15)16)14(13-12-8)9-6-4-2-3-5-7-9/h9H,2-7H2,1H3,(H,15,16). The molecule has 0 saturated heterocycles. The summed E-state index contributed by atoms with van der Waals surface area (Å²) in [7, 11) is 0. The fourth-order valence-corrected chi connectivity index (χ4v) is 2.38. The minimum Gasteiger partial charge on any atom is -0.476 e. The van der Waals surface area contributed by atoms with Gasteiger partial charge in [-0.25, -0.2) is 9.48 Å². The highest BCUT2D eigenvalue weighted by Crippen LogP contribution is 2.27. The summed E-state index contributed by atoms with van der Waals surface area (Å²) in [4.78, 5) is 11.1. The molecule has 1 saturated carbocycles. The fraction of sp³-hybridized carbons (Fsp3) is 0.727. The van der Waals surface area contributed by atoms with Gasteiger partial charge in [0.05, 0.1) is 11.7 Å². The summed E-state index contributed by atoms with van der Waals surface area (Å²) >= 11 is 0. The average molecular weight is 223 g/mol. The second kappa shape index (κ2) is 4.63. The molecule has 88 valence electrons. The van der Waals surface area contributed by atoms with Crippen molar-refractivity contribution in [3.8, 4) is 0 Å². The van der Waals surface area contributed by atoms with E-state index in [1.54, 1.807) is 11.6 Å². The van der Waals surface area contributed by atoms with E-state index in [4.69, 9.17) is 5.11 Å². The van der Waals surface area contributed by atoms with Gasteiger partial charge >= 0.3 is 5.97 Å². The Kier molecular flexibility index (Phi) is 3.22. The average Bonchev–Trinajstić information content (AvgIpc) is 2.50. The van der Waals surface area contributed by atoms with Crippen LogP contribution in [-0.4, -0.2) is 26.1 Å². The van der Waals surface area contributed by atoms with Crippen LogP contribution in [0.2, 0.25) is 0 Å². The second-order valence-electron chi connectivity index (χ2n) is 4.42. The predicted octanol–water partition coefficient (Wildman–Crippen LogP) is 2.18. The fourth-order valence-electron chi connectivity index (χ4n) is 2.38. The van der Waals surface area contributed by atoms with E-state index in [0.29, 0.717) is 5.69 Å². The smallest absolute Gasteiger partial charge is 0.356 e. The highest BCUT2D eigenvalue weighted by molar-refractivity contribution is 5.86. The quantitative estimate of drug-likeness (QED) is 0.780. The molecule has 0 amide bonds.